The van der Waals surface area contributed by atoms with E-state index in [0.717, 1.165) is 24.6 Å². The number of alkyl halides is 8. The molecule has 2 heterocycles. The standard InChI is InChI=1S/C21H21F8N5O2S/c1-17(8-19(22,23)9-17)10-34-14(16(35)32-11-3-6-31-12(7-11)37(2,30)36)13(20(24,25)26)15(33-34)18(4-5-18)21(27,28)29/h3,6-7,30H,4-5,8-10H2,1-2H3,(H,31,32,35)/t37-/m1/s1. The maximum atomic E-state index is 14.2. The van der Waals surface area contributed by atoms with Crippen molar-refractivity contribution in [1.82, 2.24) is 14.8 Å². The Morgan fingerprint density at radius 3 is 2.24 bits per heavy atom. The molecule has 1 amide bonds. The van der Waals surface area contributed by atoms with Gasteiger partial charge in [0.25, 0.3) is 5.91 Å². The molecule has 0 aliphatic heterocycles. The molecule has 7 nitrogen and oxygen atoms in total. The van der Waals surface area contributed by atoms with E-state index in [0.29, 0.717) is 4.68 Å². The zero-order valence-electron chi connectivity index (χ0n) is 19.4. The fourth-order valence-corrected chi connectivity index (χ4v) is 5.36. The number of halogens is 8. The smallest absolute Gasteiger partial charge is 0.320 e. The van der Waals surface area contributed by atoms with Crippen LogP contribution in [0.1, 0.15) is 54.4 Å². The van der Waals surface area contributed by atoms with Crippen LogP contribution in [0.25, 0.3) is 0 Å². The molecule has 2 aliphatic carbocycles. The normalized spacial score (nSPS) is 21.6. The summed E-state index contributed by atoms with van der Waals surface area (Å²) in [6.07, 6.45) is -11.3. The highest BCUT2D eigenvalue weighted by Crippen LogP contribution is 2.61. The topological polar surface area (TPSA) is 101 Å². The second-order valence-electron chi connectivity index (χ2n) is 10.0. The molecule has 1 atom stereocenters. The maximum Gasteiger partial charge on any atom is 0.420 e. The second-order valence-corrected chi connectivity index (χ2v) is 12.1. The molecule has 37 heavy (non-hydrogen) atoms. The summed E-state index contributed by atoms with van der Waals surface area (Å²) in [6.45, 7) is 0.665. The van der Waals surface area contributed by atoms with E-state index >= 15 is 0 Å². The molecule has 4 rings (SSSR count). The van der Waals surface area contributed by atoms with Crippen LogP contribution in [0.3, 0.4) is 0 Å². The van der Waals surface area contributed by atoms with E-state index < -0.39 is 93.9 Å². The molecule has 16 heteroatoms. The van der Waals surface area contributed by atoms with Gasteiger partial charge in [-0.1, -0.05) is 6.92 Å². The average molecular weight is 559 g/mol. The second kappa shape index (κ2) is 8.11. The van der Waals surface area contributed by atoms with Gasteiger partial charge in [-0.25, -0.2) is 22.8 Å². The van der Waals surface area contributed by atoms with E-state index in [9.17, 15) is 44.1 Å². The molecule has 2 aliphatic rings. The molecule has 0 unspecified atom stereocenters. The number of rotatable bonds is 6. The zero-order valence-corrected chi connectivity index (χ0v) is 20.2. The van der Waals surface area contributed by atoms with Crippen molar-refractivity contribution in [3.63, 3.8) is 0 Å². The Balaban J connectivity index is 1.85. The maximum absolute atomic E-state index is 14.2. The van der Waals surface area contributed by atoms with E-state index in [4.69, 9.17) is 4.78 Å². The monoisotopic (exact) mass is 559 g/mol. The minimum absolute atomic E-state index is 0.224. The van der Waals surface area contributed by atoms with Crippen LogP contribution in [0, 0.1) is 10.2 Å². The molecule has 2 N–H and O–H groups in total. The van der Waals surface area contributed by atoms with E-state index in [-0.39, 0.29) is 10.7 Å². The van der Waals surface area contributed by atoms with Crippen LogP contribution in [-0.4, -0.2) is 43.2 Å². The molecule has 0 saturated heterocycles. The van der Waals surface area contributed by atoms with Gasteiger partial charge in [-0.2, -0.15) is 31.4 Å². The highest BCUT2D eigenvalue weighted by atomic mass is 32.2. The van der Waals surface area contributed by atoms with Gasteiger partial charge in [0.15, 0.2) is 0 Å². The van der Waals surface area contributed by atoms with Gasteiger partial charge in [0.05, 0.1) is 15.4 Å². The lowest BCUT2D eigenvalue weighted by Crippen LogP contribution is -2.47. The van der Waals surface area contributed by atoms with E-state index in [2.05, 4.69) is 15.4 Å². The van der Waals surface area contributed by atoms with Gasteiger partial charge in [-0.15, -0.1) is 0 Å². The molecule has 2 fully saturated rings. The molecule has 204 valence electrons. The van der Waals surface area contributed by atoms with Gasteiger partial charge < -0.3 is 5.32 Å². The van der Waals surface area contributed by atoms with Crippen LogP contribution in [0.15, 0.2) is 23.4 Å². The van der Waals surface area contributed by atoms with Crippen molar-refractivity contribution >= 4 is 21.3 Å². The third-order valence-corrected chi connectivity index (χ3v) is 7.51. The molecule has 2 saturated carbocycles. The van der Waals surface area contributed by atoms with Crippen LogP contribution < -0.4 is 5.32 Å². The van der Waals surface area contributed by atoms with Crippen molar-refractivity contribution in [3.05, 3.63) is 35.3 Å². The molecular formula is C21H21F8N5O2S. The Kier molecular flexibility index (Phi) is 5.97. The summed E-state index contributed by atoms with van der Waals surface area (Å²) in [4.78, 5) is 16.9. The Bertz CT molecular complexity index is 1350. The van der Waals surface area contributed by atoms with Crippen molar-refractivity contribution in [3.8, 4) is 0 Å². The number of nitrogens with one attached hydrogen (secondary N) is 2. The summed E-state index contributed by atoms with van der Waals surface area (Å²) in [6, 6.07) is 2.10. The lowest BCUT2D eigenvalue weighted by atomic mass is 9.67. The van der Waals surface area contributed by atoms with Gasteiger partial charge >= 0.3 is 12.4 Å². The molecule has 0 bridgehead atoms. The molecule has 0 spiro atoms. The third kappa shape index (κ3) is 5.03. The first kappa shape index (κ1) is 27.3. The van der Waals surface area contributed by atoms with Crippen molar-refractivity contribution in [2.24, 2.45) is 5.41 Å². The van der Waals surface area contributed by atoms with E-state index in [1.54, 1.807) is 0 Å². The average Bonchev–Trinajstić information content (AvgIpc) is 3.41. The molecule has 0 radical (unpaired) electrons. The lowest BCUT2D eigenvalue weighted by molar-refractivity contribution is -0.166. The minimum Gasteiger partial charge on any atom is -0.320 e. The van der Waals surface area contributed by atoms with Crippen LogP contribution in [0.2, 0.25) is 0 Å². The summed E-state index contributed by atoms with van der Waals surface area (Å²) in [5, 5.41) is 5.40. The van der Waals surface area contributed by atoms with E-state index in [1.807, 2.05) is 0 Å². The van der Waals surface area contributed by atoms with Crippen LogP contribution in [0.5, 0.6) is 0 Å². The number of aromatic nitrogens is 3. The first-order valence-electron chi connectivity index (χ1n) is 10.8. The predicted octanol–water partition coefficient (Wildman–Crippen LogP) is 5.61. The molecule has 2 aromatic heterocycles. The molecule has 0 aromatic carbocycles. The van der Waals surface area contributed by atoms with Gasteiger partial charge in [-0.3, -0.25) is 9.48 Å². The number of carbonyl (C=O) groups is 1. The Hall–Kier alpha value is -2.78. The number of pyridine rings is 1. The zero-order chi connectivity index (χ0) is 27.8. The fourth-order valence-electron chi connectivity index (χ4n) is 4.75. The summed E-state index contributed by atoms with van der Waals surface area (Å²) >= 11 is 0. The predicted molar refractivity (Wildman–Crippen MR) is 114 cm³/mol. The van der Waals surface area contributed by atoms with Crippen molar-refractivity contribution in [2.45, 2.75) is 67.9 Å². The summed E-state index contributed by atoms with van der Waals surface area (Å²) in [7, 11) is -3.38. The van der Waals surface area contributed by atoms with Crippen molar-refractivity contribution < 1.29 is 44.1 Å². The van der Waals surface area contributed by atoms with Crippen molar-refractivity contribution in [1.29, 1.82) is 4.78 Å². The Morgan fingerprint density at radius 2 is 1.78 bits per heavy atom. The Morgan fingerprint density at radius 1 is 1.19 bits per heavy atom. The lowest BCUT2D eigenvalue weighted by Gasteiger charge is -2.44. The van der Waals surface area contributed by atoms with Crippen LogP contribution >= 0.6 is 0 Å². The number of amides is 1. The molecule has 2 aromatic rings. The highest BCUT2D eigenvalue weighted by molar-refractivity contribution is 7.91. The number of anilines is 1. The number of hydrogen-bond donors (Lipinski definition) is 2. The fraction of sp³-hybridized carbons (Fsp3) is 0.571. The van der Waals surface area contributed by atoms with Gasteiger partial charge in [-0.05, 0) is 30.4 Å². The van der Waals surface area contributed by atoms with E-state index in [1.165, 1.54) is 6.92 Å². The highest BCUT2D eigenvalue weighted by Gasteiger charge is 2.68. The van der Waals surface area contributed by atoms with Crippen LogP contribution in [0.4, 0.5) is 40.8 Å². The first-order chi connectivity index (χ1) is 16.7. The van der Waals surface area contributed by atoms with Crippen molar-refractivity contribution in [2.75, 3.05) is 11.6 Å². The minimum atomic E-state index is -5.44. The largest absolute Gasteiger partial charge is 0.420 e. The number of nitrogens with zero attached hydrogens (tertiary/aromatic N) is 3. The summed E-state index contributed by atoms with van der Waals surface area (Å²) < 4.78 is 131. The van der Waals surface area contributed by atoms with Gasteiger partial charge in [0, 0.05) is 37.5 Å². The third-order valence-electron chi connectivity index (χ3n) is 6.49. The van der Waals surface area contributed by atoms with Gasteiger partial charge in [0.2, 0.25) is 5.92 Å². The Labute approximate surface area is 205 Å². The SMILES string of the molecule is CC1(Cn2nc(C3(C(F)(F)F)CC3)c(C(F)(F)F)c2C(=O)Nc2ccnc([S@](C)(=N)=O)c2)CC(F)(F)C1. The van der Waals surface area contributed by atoms with Gasteiger partial charge in [0.1, 0.15) is 21.7 Å². The summed E-state index contributed by atoms with van der Waals surface area (Å²) in [5.74, 6) is -4.59. The molecular weight excluding hydrogens is 538 g/mol. The number of carbonyl (C=O) groups excluding carboxylic acids is 1. The quantitative estimate of drug-likeness (QED) is 0.449. The number of hydrogen-bond acceptors (Lipinski definition) is 5. The summed E-state index contributed by atoms with van der Waals surface area (Å²) in [5.41, 5.74) is -8.96. The first-order valence-corrected chi connectivity index (χ1v) is 12.8. The van der Waals surface area contributed by atoms with Crippen LogP contribution in [-0.2, 0) is 27.9 Å².